The number of hydrogen-bond acceptors (Lipinski definition) is 5. The van der Waals surface area contributed by atoms with E-state index in [-0.39, 0.29) is 11.9 Å². The summed E-state index contributed by atoms with van der Waals surface area (Å²) < 4.78 is 1.79. The number of aromatic nitrogens is 5. The summed E-state index contributed by atoms with van der Waals surface area (Å²) in [6.45, 7) is 2.57. The van der Waals surface area contributed by atoms with Gasteiger partial charge in [-0.25, -0.2) is 4.68 Å². The van der Waals surface area contributed by atoms with Gasteiger partial charge in [-0.05, 0) is 12.8 Å². The Morgan fingerprint density at radius 1 is 1.43 bits per heavy atom. The molecule has 0 aromatic carbocycles. The molecule has 4 rings (SSSR count). The third-order valence-corrected chi connectivity index (χ3v) is 3.92. The second kappa shape index (κ2) is 4.96. The van der Waals surface area contributed by atoms with Crippen LogP contribution in [-0.2, 0) is 6.54 Å². The molecule has 0 bridgehead atoms. The standard InChI is InChI=1S/C13H17N7O/c21-13(12-8-20(18-17-12)11-1-2-11)16-10-6-19(7-10)5-9-3-14-15-4-9/h3-4,8,10-11H,1-2,5-7H2,(H,14,15)(H,16,21). The van der Waals surface area contributed by atoms with Crippen molar-refractivity contribution in [3.8, 4) is 0 Å². The molecule has 2 aromatic rings. The Morgan fingerprint density at radius 2 is 2.29 bits per heavy atom. The number of amides is 1. The molecule has 2 N–H and O–H groups in total. The van der Waals surface area contributed by atoms with Gasteiger partial charge >= 0.3 is 0 Å². The lowest BCUT2D eigenvalue weighted by Gasteiger charge is -2.39. The third-order valence-electron chi connectivity index (χ3n) is 3.92. The van der Waals surface area contributed by atoms with Gasteiger partial charge in [0.2, 0.25) is 0 Å². The van der Waals surface area contributed by atoms with Crippen LogP contribution in [0.15, 0.2) is 18.6 Å². The minimum Gasteiger partial charge on any atom is -0.345 e. The number of carbonyl (C=O) groups is 1. The Balaban J connectivity index is 1.26. The monoisotopic (exact) mass is 287 g/mol. The topological polar surface area (TPSA) is 91.7 Å². The molecule has 0 spiro atoms. The van der Waals surface area contributed by atoms with Crippen LogP contribution in [0.4, 0.5) is 0 Å². The van der Waals surface area contributed by atoms with Gasteiger partial charge in [0, 0.05) is 31.4 Å². The van der Waals surface area contributed by atoms with Crippen LogP contribution in [0.3, 0.4) is 0 Å². The molecule has 8 heteroatoms. The fourth-order valence-electron chi connectivity index (χ4n) is 2.57. The largest absolute Gasteiger partial charge is 0.345 e. The summed E-state index contributed by atoms with van der Waals surface area (Å²) in [6.07, 6.45) is 7.73. The van der Waals surface area contributed by atoms with Crippen molar-refractivity contribution >= 4 is 5.91 Å². The van der Waals surface area contributed by atoms with Crippen molar-refractivity contribution in [2.75, 3.05) is 13.1 Å². The molecular weight excluding hydrogens is 270 g/mol. The molecule has 0 atom stereocenters. The quantitative estimate of drug-likeness (QED) is 0.804. The number of carbonyl (C=O) groups excluding carboxylic acids is 1. The van der Waals surface area contributed by atoms with E-state index in [1.54, 1.807) is 10.9 Å². The predicted molar refractivity (Wildman–Crippen MR) is 73.4 cm³/mol. The highest BCUT2D eigenvalue weighted by Gasteiger charge is 2.30. The number of nitrogens with zero attached hydrogens (tertiary/aromatic N) is 5. The molecule has 2 aromatic heterocycles. The number of rotatable bonds is 5. The van der Waals surface area contributed by atoms with Crippen molar-refractivity contribution in [3.05, 3.63) is 29.8 Å². The van der Waals surface area contributed by atoms with Crippen LogP contribution in [0.5, 0.6) is 0 Å². The van der Waals surface area contributed by atoms with Crippen LogP contribution in [0.25, 0.3) is 0 Å². The number of nitrogens with one attached hydrogen (secondary N) is 2. The van der Waals surface area contributed by atoms with Crippen LogP contribution in [-0.4, -0.2) is 55.1 Å². The van der Waals surface area contributed by atoms with Gasteiger partial charge in [0.1, 0.15) is 0 Å². The van der Waals surface area contributed by atoms with Gasteiger partial charge in [-0.3, -0.25) is 14.8 Å². The highest BCUT2D eigenvalue weighted by atomic mass is 16.2. The Bertz CT molecular complexity index is 625. The van der Waals surface area contributed by atoms with E-state index >= 15 is 0 Å². The van der Waals surface area contributed by atoms with Gasteiger partial charge in [0.25, 0.3) is 5.91 Å². The smallest absolute Gasteiger partial charge is 0.273 e. The van der Waals surface area contributed by atoms with Crippen molar-refractivity contribution in [2.45, 2.75) is 31.5 Å². The average Bonchev–Trinajstić information content (AvgIpc) is 2.97. The van der Waals surface area contributed by atoms with E-state index < -0.39 is 0 Å². The number of aromatic amines is 1. The fraction of sp³-hybridized carbons (Fsp3) is 0.538. The molecule has 21 heavy (non-hydrogen) atoms. The van der Waals surface area contributed by atoms with E-state index in [4.69, 9.17) is 0 Å². The van der Waals surface area contributed by atoms with Crippen LogP contribution in [0.2, 0.25) is 0 Å². The summed E-state index contributed by atoms with van der Waals surface area (Å²) in [5, 5.41) is 17.7. The number of hydrogen-bond donors (Lipinski definition) is 2. The summed E-state index contributed by atoms with van der Waals surface area (Å²) in [5.41, 5.74) is 1.57. The zero-order valence-corrected chi connectivity index (χ0v) is 11.6. The van der Waals surface area contributed by atoms with E-state index in [1.165, 1.54) is 0 Å². The van der Waals surface area contributed by atoms with Gasteiger partial charge in [-0.2, -0.15) is 5.10 Å². The normalized spacial score (nSPS) is 19.4. The first-order valence-corrected chi connectivity index (χ1v) is 7.20. The minimum absolute atomic E-state index is 0.130. The van der Waals surface area contributed by atoms with E-state index in [0.717, 1.165) is 38.0 Å². The van der Waals surface area contributed by atoms with E-state index in [1.807, 2.05) is 12.4 Å². The van der Waals surface area contributed by atoms with Gasteiger partial charge in [-0.15, -0.1) is 5.10 Å². The Morgan fingerprint density at radius 3 is 3.00 bits per heavy atom. The summed E-state index contributed by atoms with van der Waals surface area (Å²) in [4.78, 5) is 14.3. The Labute approximate surface area is 121 Å². The van der Waals surface area contributed by atoms with E-state index in [9.17, 15) is 4.79 Å². The van der Waals surface area contributed by atoms with E-state index in [0.29, 0.717) is 11.7 Å². The first-order valence-electron chi connectivity index (χ1n) is 7.20. The van der Waals surface area contributed by atoms with Gasteiger partial charge in [-0.1, -0.05) is 5.21 Å². The van der Waals surface area contributed by atoms with Gasteiger partial charge in [0.05, 0.1) is 24.5 Å². The molecule has 2 fully saturated rings. The van der Waals surface area contributed by atoms with Crippen LogP contribution in [0.1, 0.15) is 34.9 Å². The Kier molecular flexibility index (Phi) is 2.95. The molecule has 1 saturated heterocycles. The average molecular weight is 287 g/mol. The van der Waals surface area contributed by atoms with Crippen molar-refractivity contribution in [2.24, 2.45) is 0 Å². The maximum Gasteiger partial charge on any atom is 0.273 e. The zero-order chi connectivity index (χ0) is 14.2. The fourth-order valence-corrected chi connectivity index (χ4v) is 2.57. The molecule has 8 nitrogen and oxygen atoms in total. The predicted octanol–water partition coefficient (Wildman–Crippen LogP) is -0.0497. The molecule has 1 saturated carbocycles. The molecule has 1 aliphatic carbocycles. The second-order valence-corrected chi connectivity index (χ2v) is 5.79. The molecule has 0 unspecified atom stereocenters. The van der Waals surface area contributed by atoms with E-state index in [2.05, 4.69) is 30.7 Å². The second-order valence-electron chi connectivity index (χ2n) is 5.79. The van der Waals surface area contributed by atoms with Crippen LogP contribution in [0, 0.1) is 0 Å². The number of H-pyrrole nitrogens is 1. The summed E-state index contributed by atoms with van der Waals surface area (Å²) >= 11 is 0. The van der Waals surface area contributed by atoms with Gasteiger partial charge in [0.15, 0.2) is 5.69 Å². The minimum atomic E-state index is -0.130. The lowest BCUT2D eigenvalue weighted by Crippen LogP contribution is -2.58. The molecule has 110 valence electrons. The molecule has 3 heterocycles. The Hall–Kier alpha value is -2.22. The summed E-state index contributed by atoms with van der Waals surface area (Å²) in [7, 11) is 0. The molecule has 1 aliphatic heterocycles. The van der Waals surface area contributed by atoms with Crippen molar-refractivity contribution in [1.29, 1.82) is 0 Å². The van der Waals surface area contributed by atoms with Gasteiger partial charge < -0.3 is 5.32 Å². The lowest BCUT2D eigenvalue weighted by atomic mass is 10.1. The first-order chi connectivity index (χ1) is 10.3. The first kappa shape index (κ1) is 12.5. The van der Waals surface area contributed by atoms with Crippen molar-refractivity contribution < 1.29 is 4.79 Å². The highest BCUT2D eigenvalue weighted by molar-refractivity contribution is 5.92. The molecule has 0 radical (unpaired) electrons. The zero-order valence-electron chi connectivity index (χ0n) is 11.6. The third kappa shape index (κ3) is 2.66. The summed E-state index contributed by atoms with van der Waals surface area (Å²) in [6, 6.07) is 0.642. The SMILES string of the molecule is O=C(NC1CN(Cc2cn[nH]c2)C1)c1cn(C2CC2)nn1. The molecule has 1 amide bonds. The number of likely N-dealkylation sites (tertiary alicyclic amines) is 1. The maximum atomic E-state index is 12.1. The van der Waals surface area contributed by atoms with Crippen molar-refractivity contribution in [1.82, 2.24) is 35.4 Å². The highest BCUT2D eigenvalue weighted by Crippen LogP contribution is 2.33. The van der Waals surface area contributed by atoms with Crippen LogP contribution < -0.4 is 5.32 Å². The molecular formula is C13H17N7O. The van der Waals surface area contributed by atoms with Crippen molar-refractivity contribution in [3.63, 3.8) is 0 Å². The lowest BCUT2D eigenvalue weighted by molar-refractivity contribution is 0.0790. The summed E-state index contributed by atoms with van der Waals surface area (Å²) in [5.74, 6) is -0.130. The maximum absolute atomic E-state index is 12.1. The molecule has 2 aliphatic rings. The van der Waals surface area contributed by atoms with Crippen LogP contribution >= 0.6 is 0 Å².